The number of hydrogen-bond donors (Lipinski definition) is 2. The lowest BCUT2D eigenvalue weighted by Crippen LogP contribution is -2.14. The van der Waals surface area contributed by atoms with Crippen molar-refractivity contribution in [3.05, 3.63) is 84.7 Å². The van der Waals surface area contributed by atoms with Crippen LogP contribution in [0.5, 0.6) is 5.75 Å². The molecule has 156 valence electrons. The summed E-state index contributed by atoms with van der Waals surface area (Å²) >= 11 is 0. The van der Waals surface area contributed by atoms with Gasteiger partial charge in [0.05, 0.1) is 11.5 Å². The van der Waals surface area contributed by atoms with Crippen LogP contribution in [0.25, 0.3) is 0 Å². The van der Waals surface area contributed by atoms with E-state index in [1.54, 1.807) is 0 Å². The van der Waals surface area contributed by atoms with Crippen molar-refractivity contribution in [2.45, 2.75) is 17.7 Å². The summed E-state index contributed by atoms with van der Waals surface area (Å²) in [7, 11) is -3.82. The molecule has 8 heteroatoms. The molecule has 1 amide bonds. The van der Waals surface area contributed by atoms with Gasteiger partial charge in [-0.05, 0) is 67.1 Å². The summed E-state index contributed by atoms with van der Waals surface area (Å²) < 4.78 is 45.7. The van der Waals surface area contributed by atoms with Gasteiger partial charge < -0.3 is 10.1 Å². The van der Waals surface area contributed by atoms with Gasteiger partial charge in [0.2, 0.25) is 5.91 Å². The number of sulfonamides is 1. The maximum Gasteiger partial charge on any atom is 0.261 e. The molecule has 0 aromatic heterocycles. The van der Waals surface area contributed by atoms with E-state index in [2.05, 4.69) is 10.0 Å². The third-order valence-electron chi connectivity index (χ3n) is 4.10. The SMILES string of the molecule is O=C(CCCOc1ccccc1)Nc1ccc(S(=O)(=O)Nc2ccc(F)cc2)cc1. The molecule has 30 heavy (non-hydrogen) atoms. The van der Waals surface area contributed by atoms with E-state index in [0.717, 1.165) is 5.75 Å². The van der Waals surface area contributed by atoms with Crippen LogP contribution in [0.4, 0.5) is 15.8 Å². The van der Waals surface area contributed by atoms with Gasteiger partial charge in [0.25, 0.3) is 10.0 Å². The molecule has 0 aliphatic heterocycles. The lowest BCUT2D eigenvalue weighted by Gasteiger charge is -2.10. The van der Waals surface area contributed by atoms with Crippen molar-refractivity contribution in [3.8, 4) is 5.75 Å². The zero-order valence-electron chi connectivity index (χ0n) is 16.0. The standard InChI is InChI=1S/C22H21FN2O4S/c23-17-8-10-19(11-9-17)25-30(27,28)21-14-12-18(13-15-21)24-22(26)7-4-16-29-20-5-2-1-3-6-20/h1-3,5-6,8-15,25H,4,7,16H2,(H,24,26). The van der Waals surface area contributed by atoms with Crippen molar-refractivity contribution in [3.63, 3.8) is 0 Å². The van der Waals surface area contributed by atoms with Crippen LogP contribution >= 0.6 is 0 Å². The van der Waals surface area contributed by atoms with Crippen LogP contribution in [0.1, 0.15) is 12.8 Å². The van der Waals surface area contributed by atoms with E-state index in [1.165, 1.54) is 48.5 Å². The highest BCUT2D eigenvalue weighted by molar-refractivity contribution is 7.92. The van der Waals surface area contributed by atoms with Crippen molar-refractivity contribution >= 4 is 27.3 Å². The minimum absolute atomic E-state index is 0.0288. The number of ether oxygens (including phenoxy) is 1. The van der Waals surface area contributed by atoms with Crippen LogP contribution in [0.3, 0.4) is 0 Å². The monoisotopic (exact) mass is 428 g/mol. The molecular formula is C22H21FN2O4S. The fraction of sp³-hybridized carbons (Fsp3) is 0.136. The van der Waals surface area contributed by atoms with Crippen LogP contribution in [-0.2, 0) is 14.8 Å². The highest BCUT2D eigenvalue weighted by Crippen LogP contribution is 2.19. The molecule has 6 nitrogen and oxygen atoms in total. The number of carbonyl (C=O) groups is 1. The molecule has 0 heterocycles. The smallest absolute Gasteiger partial charge is 0.261 e. The normalized spacial score (nSPS) is 11.0. The Morgan fingerprint density at radius 2 is 1.50 bits per heavy atom. The van der Waals surface area contributed by atoms with E-state index >= 15 is 0 Å². The number of halogens is 1. The highest BCUT2D eigenvalue weighted by Gasteiger charge is 2.14. The third-order valence-corrected chi connectivity index (χ3v) is 5.50. The molecule has 0 fully saturated rings. The molecule has 3 rings (SSSR count). The predicted octanol–water partition coefficient (Wildman–Crippen LogP) is 4.42. The molecule has 0 saturated carbocycles. The summed E-state index contributed by atoms with van der Waals surface area (Å²) in [6, 6.07) is 20.2. The van der Waals surface area contributed by atoms with Gasteiger partial charge in [-0.25, -0.2) is 12.8 Å². The minimum atomic E-state index is -3.82. The number of benzene rings is 3. The maximum absolute atomic E-state index is 12.9. The largest absolute Gasteiger partial charge is 0.494 e. The summed E-state index contributed by atoms with van der Waals surface area (Å²) in [4.78, 5) is 12.1. The Bertz CT molecular complexity index is 1070. The van der Waals surface area contributed by atoms with E-state index in [9.17, 15) is 17.6 Å². The van der Waals surface area contributed by atoms with Crippen LogP contribution in [0, 0.1) is 5.82 Å². The van der Waals surface area contributed by atoms with Crippen molar-refractivity contribution in [1.29, 1.82) is 0 Å². The van der Waals surface area contributed by atoms with Crippen LogP contribution in [0.2, 0.25) is 0 Å². The molecule has 3 aromatic carbocycles. The molecule has 3 aromatic rings. The van der Waals surface area contributed by atoms with Crippen molar-refractivity contribution in [1.82, 2.24) is 0 Å². The zero-order chi connectivity index (χ0) is 21.4. The molecule has 0 spiro atoms. The summed E-state index contributed by atoms with van der Waals surface area (Å²) in [6.07, 6.45) is 0.827. The quantitative estimate of drug-likeness (QED) is 0.494. The van der Waals surface area contributed by atoms with Gasteiger partial charge in [-0.1, -0.05) is 18.2 Å². The van der Waals surface area contributed by atoms with Crippen molar-refractivity contribution in [2.75, 3.05) is 16.6 Å². The van der Waals surface area contributed by atoms with Crippen LogP contribution < -0.4 is 14.8 Å². The summed E-state index contributed by atoms with van der Waals surface area (Å²) in [5.74, 6) is 0.111. The second kappa shape index (κ2) is 9.89. The molecule has 0 aliphatic rings. The van der Waals surface area contributed by atoms with E-state index < -0.39 is 15.8 Å². The van der Waals surface area contributed by atoms with Gasteiger partial charge in [-0.3, -0.25) is 9.52 Å². The predicted molar refractivity (Wildman–Crippen MR) is 113 cm³/mol. The van der Waals surface area contributed by atoms with Gasteiger partial charge >= 0.3 is 0 Å². The first-order valence-corrected chi connectivity index (χ1v) is 10.8. The van der Waals surface area contributed by atoms with Crippen LogP contribution in [-0.4, -0.2) is 20.9 Å². The Morgan fingerprint density at radius 3 is 2.17 bits per heavy atom. The first kappa shape index (κ1) is 21.3. The third kappa shape index (κ3) is 6.31. The highest BCUT2D eigenvalue weighted by atomic mass is 32.2. The second-order valence-corrected chi connectivity index (χ2v) is 8.13. The zero-order valence-corrected chi connectivity index (χ0v) is 16.9. The molecule has 0 radical (unpaired) electrons. The summed E-state index contributed by atoms with van der Waals surface area (Å²) in [6.45, 7) is 0.420. The average molecular weight is 428 g/mol. The van der Waals surface area contributed by atoms with E-state index in [-0.39, 0.29) is 22.9 Å². The first-order chi connectivity index (χ1) is 14.4. The molecule has 2 N–H and O–H groups in total. The van der Waals surface area contributed by atoms with Gasteiger partial charge in [-0.2, -0.15) is 0 Å². The lowest BCUT2D eigenvalue weighted by atomic mass is 10.2. The Hall–Kier alpha value is -3.39. The fourth-order valence-corrected chi connectivity index (χ4v) is 3.67. The average Bonchev–Trinajstić information content (AvgIpc) is 2.74. The molecule has 0 saturated heterocycles. The Balaban J connectivity index is 1.48. The first-order valence-electron chi connectivity index (χ1n) is 9.28. The number of rotatable bonds is 9. The topological polar surface area (TPSA) is 84.5 Å². The van der Waals surface area contributed by atoms with Gasteiger partial charge in [0.15, 0.2) is 0 Å². The van der Waals surface area contributed by atoms with Gasteiger partial charge in [0, 0.05) is 17.8 Å². The maximum atomic E-state index is 12.9. The fourth-order valence-electron chi connectivity index (χ4n) is 2.61. The van der Waals surface area contributed by atoms with E-state index in [1.807, 2.05) is 30.3 Å². The molecular weight excluding hydrogens is 407 g/mol. The minimum Gasteiger partial charge on any atom is -0.494 e. The Morgan fingerprint density at radius 1 is 0.867 bits per heavy atom. The molecule has 0 atom stereocenters. The number of carbonyl (C=O) groups excluding carboxylic acids is 1. The lowest BCUT2D eigenvalue weighted by molar-refractivity contribution is -0.116. The molecule has 0 aliphatic carbocycles. The molecule has 0 bridgehead atoms. The van der Waals surface area contributed by atoms with Crippen molar-refractivity contribution < 1.29 is 22.3 Å². The van der Waals surface area contributed by atoms with E-state index in [4.69, 9.17) is 4.74 Å². The second-order valence-electron chi connectivity index (χ2n) is 6.45. The van der Waals surface area contributed by atoms with Crippen LogP contribution in [0.15, 0.2) is 83.8 Å². The number of anilines is 2. The number of nitrogens with one attached hydrogen (secondary N) is 2. The van der Waals surface area contributed by atoms with E-state index in [0.29, 0.717) is 18.7 Å². The Labute approximate surface area is 174 Å². The van der Waals surface area contributed by atoms with Gasteiger partial charge in [-0.15, -0.1) is 0 Å². The Kier molecular flexibility index (Phi) is 7.03. The summed E-state index contributed by atoms with van der Waals surface area (Å²) in [5.41, 5.74) is 0.746. The summed E-state index contributed by atoms with van der Waals surface area (Å²) in [5, 5.41) is 2.72. The number of hydrogen-bond acceptors (Lipinski definition) is 4. The van der Waals surface area contributed by atoms with Crippen molar-refractivity contribution in [2.24, 2.45) is 0 Å². The van der Waals surface area contributed by atoms with Gasteiger partial charge in [0.1, 0.15) is 11.6 Å². The number of para-hydroxylation sites is 1. The molecule has 0 unspecified atom stereocenters. The number of amides is 1.